The van der Waals surface area contributed by atoms with Gasteiger partial charge in [-0.15, -0.1) is 0 Å². The Bertz CT molecular complexity index is 615. The Labute approximate surface area is 119 Å². The number of rotatable bonds is 3. The summed E-state index contributed by atoms with van der Waals surface area (Å²) in [6.45, 7) is 0. The quantitative estimate of drug-likeness (QED) is 0.376. The van der Waals surface area contributed by atoms with Gasteiger partial charge in [-0.25, -0.2) is 9.78 Å². The molecular formula is C13H8Cl2N2O2. The van der Waals surface area contributed by atoms with Gasteiger partial charge in [0.2, 0.25) is 0 Å². The molecule has 0 aliphatic rings. The SMILES string of the molecule is O=C(O/N=C/c1ccccc1)c1cc(Cl)cnc1Cl. The predicted octanol–water partition coefficient (Wildman–Crippen LogP) is 3.58. The van der Waals surface area contributed by atoms with E-state index in [9.17, 15) is 4.79 Å². The van der Waals surface area contributed by atoms with E-state index in [4.69, 9.17) is 28.0 Å². The molecule has 2 rings (SSSR count). The van der Waals surface area contributed by atoms with E-state index in [0.717, 1.165) is 5.56 Å². The van der Waals surface area contributed by atoms with Gasteiger partial charge in [-0.1, -0.05) is 58.7 Å². The van der Waals surface area contributed by atoms with E-state index in [1.54, 1.807) is 0 Å². The highest BCUT2D eigenvalue weighted by Gasteiger charge is 2.13. The molecule has 0 aliphatic heterocycles. The van der Waals surface area contributed by atoms with Crippen LogP contribution in [0.25, 0.3) is 0 Å². The van der Waals surface area contributed by atoms with Gasteiger partial charge in [0.25, 0.3) is 0 Å². The molecule has 0 aliphatic carbocycles. The lowest BCUT2D eigenvalue weighted by Gasteiger charge is -2.00. The molecule has 96 valence electrons. The number of hydrogen-bond acceptors (Lipinski definition) is 4. The summed E-state index contributed by atoms with van der Waals surface area (Å²) in [6, 6.07) is 10.6. The van der Waals surface area contributed by atoms with E-state index in [0.29, 0.717) is 5.02 Å². The van der Waals surface area contributed by atoms with Gasteiger partial charge in [0.1, 0.15) is 10.7 Å². The highest BCUT2D eigenvalue weighted by molar-refractivity contribution is 6.34. The van der Waals surface area contributed by atoms with Crippen LogP contribution in [0, 0.1) is 0 Å². The third-order valence-corrected chi connectivity index (χ3v) is 2.67. The lowest BCUT2D eigenvalue weighted by atomic mass is 10.2. The van der Waals surface area contributed by atoms with Crippen molar-refractivity contribution in [1.29, 1.82) is 0 Å². The smallest absolute Gasteiger partial charge is 0.313 e. The number of nitrogens with zero attached hydrogens (tertiary/aromatic N) is 2. The molecule has 0 saturated heterocycles. The lowest BCUT2D eigenvalue weighted by molar-refractivity contribution is 0.0519. The van der Waals surface area contributed by atoms with E-state index in [1.165, 1.54) is 18.5 Å². The van der Waals surface area contributed by atoms with Crippen molar-refractivity contribution in [1.82, 2.24) is 4.98 Å². The minimum Gasteiger partial charge on any atom is -0.313 e. The van der Waals surface area contributed by atoms with Crippen LogP contribution in [-0.4, -0.2) is 17.2 Å². The number of carbonyl (C=O) groups is 1. The second kappa shape index (κ2) is 6.31. The number of pyridine rings is 1. The summed E-state index contributed by atoms with van der Waals surface area (Å²) in [5, 5.41) is 3.90. The summed E-state index contributed by atoms with van der Waals surface area (Å²) in [5.41, 5.74) is 0.880. The van der Waals surface area contributed by atoms with Crippen molar-refractivity contribution in [2.75, 3.05) is 0 Å². The Balaban J connectivity index is 2.06. The van der Waals surface area contributed by atoms with Crippen molar-refractivity contribution in [3.8, 4) is 0 Å². The Hall–Kier alpha value is -1.91. The molecule has 4 nitrogen and oxygen atoms in total. The summed E-state index contributed by atoms with van der Waals surface area (Å²) in [4.78, 5) is 20.2. The van der Waals surface area contributed by atoms with Crippen LogP contribution in [0.1, 0.15) is 15.9 Å². The zero-order valence-corrected chi connectivity index (χ0v) is 11.1. The third-order valence-electron chi connectivity index (χ3n) is 2.16. The average molecular weight is 295 g/mol. The molecule has 0 saturated carbocycles. The number of oxime groups is 1. The van der Waals surface area contributed by atoms with Gasteiger partial charge < -0.3 is 4.84 Å². The van der Waals surface area contributed by atoms with Crippen LogP contribution in [0.2, 0.25) is 10.2 Å². The summed E-state index contributed by atoms with van der Waals surface area (Å²) < 4.78 is 0. The van der Waals surface area contributed by atoms with Gasteiger partial charge in [-0.05, 0) is 11.6 Å². The van der Waals surface area contributed by atoms with Crippen LogP contribution < -0.4 is 0 Å². The molecule has 0 radical (unpaired) electrons. The molecule has 1 aromatic heterocycles. The first-order chi connectivity index (χ1) is 9.16. The number of carbonyl (C=O) groups excluding carboxylic acids is 1. The summed E-state index contributed by atoms with van der Waals surface area (Å²) >= 11 is 11.5. The number of halogens is 2. The zero-order chi connectivity index (χ0) is 13.7. The monoisotopic (exact) mass is 294 g/mol. The zero-order valence-electron chi connectivity index (χ0n) is 9.59. The number of benzene rings is 1. The van der Waals surface area contributed by atoms with Crippen molar-refractivity contribution in [2.45, 2.75) is 0 Å². The lowest BCUT2D eigenvalue weighted by Crippen LogP contribution is -2.03. The molecule has 2 aromatic rings. The topological polar surface area (TPSA) is 51.5 Å². The molecule has 1 heterocycles. The second-order valence-electron chi connectivity index (χ2n) is 3.52. The highest BCUT2D eigenvalue weighted by atomic mass is 35.5. The molecule has 0 bridgehead atoms. The fourth-order valence-electron chi connectivity index (χ4n) is 1.29. The van der Waals surface area contributed by atoms with Gasteiger partial charge in [-0.3, -0.25) is 0 Å². The van der Waals surface area contributed by atoms with Crippen molar-refractivity contribution in [3.05, 3.63) is 63.9 Å². The largest absolute Gasteiger partial charge is 0.368 e. The molecule has 1 aromatic carbocycles. The van der Waals surface area contributed by atoms with Crippen molar-refractivity contribution >= 4 is 35.4 Å². The maximum atomic E-state index is 11.7. The Kier molecular flexibility index (Phi) is 4.49. The van der Waals surface area contributed by atoms with Gasteiger partial charge in [0.15, 0.2) is 0 Å². The molecule has 6 heteroatoms. The van der Waals surface area contributed by atoms with Crippen molar-refractivity contribution < 1.29 is 9.63 Å². The minimum atomic E-state index is -0.716. The van der Waals surface area contributed by atoms with Crippen LogP contribution in [0.15, 0.2) is 47.8 Å². The van der Waals surface area contributed by atoms with E-state index in [1.807, 2.05) is 30.3 Å². The second-order valence-corrected chi connectivity index (χ2v) is 4.31. The molecular weight excluding hydrogens is 287 g/mol. The molecule has 0 spiro atoms. The van der Waals surface area contributed by atoms with Gasteiger partial charge >= 0.3 is 5.97 Å². The Morgan fingerprint density at radius 2 is 2.00 bits per heavy atom. The standard InChI is InChI=1S/C13H8Cl2N2O2/c14-10-6-11(12(15)16-8-10)13(18)19-17-7-9-4-2-1-3-5-9/h1-8H/b17-7+. The van der Waals surface area contributed by atoms with Gasteiger partial charge in [-0.2, -0.15) is 0 Å². The first-order valence-corrected chi connectivity index (χ1v) is 6.03. The summed E-state index contributed by atoms with van der Waals surface area (Å²) in [7, 11) is 0. The van der Waals surface area contributed by atoms with Gasteiger partial charge in [0.05, 0.1) is 11.2 Å². The van der Waals surface area contributed by atoms with Crippen molar-refractivity contribution in [2.24, 2.45) is 5.16 Å². The van der Waals surface area contributed by atoms with Crippen molar-refractivity contribution in [3.63, 3.8) is 0 Å². The Morgan fingerprint density at radius 3 is 2.74 bits per heavy atom. The summed E-state index contributed by atoms with van der Waals surface area (Å²) in [6.07, 6.45) is 2.76. The molecule has 0 unspecified atom stereocenters. The normalized spacial score (nSPS) is 10.6. The minimum absolute atomic E-state index is 0.0179. The fraction of sp³-hybridized carbons (Fsp3) is 0. The van der Waals surface area contributed by atoms with E-state index in [2.05, 4.69) is 10.1 Å². The van der Waals surface area contributed by atoms with Crippen LogP contribution in [0.3, 0.4) is 0 Å². The van der Waals surface area contributed by atoms with E-state index < -0.39 is 5.97 Å². The Morgan fingerprint density at radius 1 is 1.26 bits per heavy atom. The molecule has 0 fully saturated rings. The van der Waals surface area contributed by atoms with Gasteiger partial charge in [0, 0.05) is 6.20 Å². The predicted molar refractivity (Wildman–Crippen MR) is 73.7 cm³/mol. The first-order valence-electron chi connectivity index (χ1n) is 5.27. The fourth-order valence-corrected chi connectivity index (χ4v) is 1.63. The van der Waals surface area contributed by atoms with Crippen LogP contribution in [0.5, 0.6) is 0 Å². The highest BCUT2D eigenvalue weighted by Crippen LogP contribution is 2.18. The maximum Gasteiger partial charge on any atom is 0.368 e. The third kappa shape index (κ3) is 3.77. The molecule has 19 heavy (non-hydrogen) atoms. The van der Waals surface area contributed by atoms with Crippen LogP contribution in [0.4, 0.5) is 0 Å². The number of aromatic nitrogens is 1. The number of hydrogen-bond donors (Lipinski definition) is 0. The van der Waals surface area contributed by atoms with E-state index >= 15 is 0 Å². The molecule has 0 N–H and O–H groups in total. The van der Waals surface area contributed by atoms with Crippen LogP contribution in [-0.2, 0) is 4.84 Å². The maximum absolute atomic E-state index is 11.7. The molecule has 0 atom stereocenters. The summed E-state index contributed by atoms with van der Waals surface area (Å²) in [5.74, 6) is -0.716. The van der Waals surface area contributed by atoms with Crippen LogP contribution >= 0.6 is 23.2 Å². The average Bonchev–Trinajstić information content (AvgIpc) is 2.42. The molecule has 0 amide bonds. The van der Waals surface area contributed by atoms with E-state index in [-0.39, 0.29) is 10.7 Å². The first kappa shape index (κ1) is 13.5.